The number of hydrogen-bond acceptors (Lipinski definition) is 2. The lowest BCUT2D eigenvalue weighted by molar-refractivity contribution is 0.217. The first kappa shape index (κ1) is 9.97. The minimum atomic E-state index is 0.115. The van der Waals surface area contributed by atoms with E-state index in [1.807, 2.05) is 0 Å². The highest BCUT2D eigenvalue weighted by Gasteiger charge is 2.29. The number of H-pyrrole nitrogens is 1. The summed E-state index contributed by atoms with van der Waals surface area (Å²) >= 11 is 1.40. The average molecular weight is 211 g/mol. The van der Waals surface area contributed by atoms with E-state index in [-0.39, 0.29) is 4.87 Å². The Kier molecular flexibility index (Phi) is 2.30. The van der Waals surface area contributed by atoms with Crippen molar-refractivity contribution in [1.82, 2.24) is 4.98 Å². The third kappa shape index (κ3) is 1.78. The zero-order valence-electron chi connectivity index (χ0n) is 9.02. The summed E-state index contributed by atoms with van der Waals surface area (Å²) in [5.41, 5.74) is 1.56. The molecule has 78 valence electrons. The fraction of sp³-hybridized carbons (Fsp3) is 0.727. The van der Waals surface area contributed by atoms with Gasteiger partial charge in [0.15, 0.2) is 0 Å². The molecule has 1 aromatic rings. The normalized spacial score (nSPS) is 22.1. The van der Waals surface area contributed by atoms with Crippen LogP contribution in [0.3, 0.4) is 0 Å². The number of hydrogen-bond donors (Lipinski definition) is 1. The van der Waals surface area contributed by atoms with Crippen molar-refractivity contribution in [3.63, 3.8) is 0 Å². The third-order valence-corrected chi connectivity index (χ3v) is 4.15. The van der Waals surface area contributed by atoms with Gasteiger partial charge in [-0.15, -0.1) is 0 Å². The van der Waals surface area contributed by atoms with Crippen LogP contribution in [0.1, 0.15) is 37.8 Å². The van der Waals surface area contributed by atoms with Crippen molar-refractivity contribution >= 4 is 11.3 Å². The summed E-state index contributed by atoms with van der Waals surface area (Å²) < 4.78 is 0. The van der Waals surface area contributed by atoms with Gasteiger partial charge in [0.2, 0.25) is 0 Å². The lowest BCUT2D eigenvalue weighted by atomic mass is 9.73. The first-order valence-corrected chi connectivity index (χ1v) is 5.99. The van der Waals surface area contributed by atoms with Crippen LogP contribution in [0.5, 0.6) is 0 Å². The Balaban J connectivity index is 2.25. The van der Waals surface area contributed by atoms with E-state index in [9.17, 15) is 4.79 Å². The van der Waals surface area contributed by atoms with Crippen LogP contribution in [0.15, 0.2) is 4.79 Å². The molecule has 0 spiro atoms. The topological polar surface area (TPSA) is 32.9 Å². The van der Waals surface area contributed by atoms with E-state index in [0.29, 0.717) is 5.41 Å². The lowest BCUT2D eigenvalue weighted by Gasteiger charge is -2.33. The maximum absolute atomic E-state index is 11.2. The molecule has 0 bridgehead atoms. The highest BCUT2D eigenvalue weighted by atomic mass is 32.1. The third-order valence-electron chi connectivity index (χ3n) is 3.20. The molecule has 2 rings (SSSR count). The summed E-state index contributed by atoms with van der Waals surface area (Å²) in [5, 5.41) is 0. The van der Waals surface area contributed by atoms with Crippen LogP contribution in [0.2, 0.25) is 0 Å². The van der Waals surface area contributed by atoms with Gasteiger partial charge < -0.3 is 4.98 Å². The van der Waals surface area contributed by atoms with E-state index >= 15 is 0 Å². The van der Waals surface area contributed by atoms with Gasteiger partial charge in [0, 0.05) is 10.6 Å². The van der Waals surface area contributed by atoms with E-state index in [1.54, 1.807) is 0 Å². The Labute approximate surface area is 88.4 Å². The van der Waals surface area contributed by atoms with Gasteiger partial charge >= 0.3 is 4.87 Å². The molecule has 0 amide bonds. The maximum atomic E-state index is 11.2. The fourth-order valence-electron chi connectivity index (χ4n) is 2.14. The summed E-state index contributed by atoms with van der Waals surface area (Å²) in [6.07, 6.45) is 3.35. The summed E-state index contributed by atoms with van der Waals surface area (Å²) in [5.74, 6) is 0.724. The fourth-order valence-corrected chi connectivity index (χ4v) is 3.10. The molecule has 0 saturated carbocycles. The first-order chi connectivity index (χ1) is 6.47. The Morgan fingerprint density at radius 1 is 1.43 bits per heavy atom. The van der Waals surface area contributed by atoms with Crippen molar-refractivity contribution < 1.29 is 0 Å². The molecule has 0 aromatic carbocycles. The second-order valence-corrected chi connectivity index (χ2v) is 6.29. The molecule has 1 aromatic heterocycles. The van der Waals surface area contributed by atoms with Crippen molar-refractivity contribution in [1.29, 1.82) is 0 Å². The zero-order chi connectivity index (χ0) is 10.3. The molecule has 1 atom stereocenters. The van der Waals surface area contributed by atoms with Gasteiger partial charge in [0.05, 0.1) is 0 Å². The summed E-state index contributed by atoms with van der Waals surface area (Å²) in [7, 11) is 0. The first-order valence-electron chi connectivity index (χ1n) is 5.17. The van der Waals surface area contributed by atoms with Crippen LogP contribution in [0.25, 0.3) is 0 Å². The Bertz CT molecular complexity index is 383. The van der Waals surface area contributed by atoms with Crippen LogP contribution in [-0.4, -0.2) is 4.98 Å². The molecule has 0 unspecified atom stereocenters. The number of nitrogens with one attached hydrogen (secondary N) is 1. The van der Waals surface area contributed by atoms with Crippen molar-refractivity contribution in [3.8, 4) is 0 Å². The van der Waals surface area contributed by atoms with Gasteiger partial charge in [-0.05, 0) is 30.6 Å². The van der Waals surface area contributed by atoms with Gasteiger partial charge in [-0.2, -0.15) is 0 Å². The van der Waals surface area contributed by atoms with Gasteiger partial charge in [-0.1, -0.05) is 32.1 Å². The molecule has 1 heterocycles. The number of rotatable bonds is 0. The van der Waals surface area contributed by atoms with Gasteiger partial charge in [-0.25, -0.2) is 0 Å². The Morgan fingerprint density at radius 3 is 2.79 bits per heavy atom. The molecule has 0 fully saturated rings. The number of thiazole rings is 1. The Hall–Kier alpha value is -0.570. The predicted octanol–water partition coefficient (Wildman–Crippen LogP) is 2.59. The van der Waals surface area contributed by atoms with Crippen molar-refractivity contribution in [2.75, 3.05) is 0 Å². The van der Waals surface area contributed by atoms with Crippen LogP contribution in [0.4, 0.5) is 0 Å². The standard InChI is InChI=1S/C11H17NOS/c1-11(2,3)7-4-5-8-9(6-7)14-10(13)12-8/h7H,4-6H2,1-3H3,(H,12,13)/t7-/m0/s1. The minimum Gasteiger partial charge on any atom is -0.316 e. The second kappa shape index (κ2) is 3.23. The largest absolute Gasteiger partial charge is 0.316 e. The van der Waals surface area contributed by atoms with E-state index in [2.05, 4.69) is 25.8 Å². The van der Waals surface area contributed by atoms with Gasteiger partial charge in [0.25, 0.3) is 0 Å². The molecule has 1 N–H and O–H groups in total. The molecule has 0 aliphatic heterocycles. The van der Waals surface area contributed by atoms with Gasteiger partial charge in [0.1, 0.15) is 0 Å². The second-order valence-electron chi connectivity index (χ2n) is 5.22. The molecule has 3 heteroatoms. The molecule has 2 nitrogen and oxygen atoms in total. The monoisotopic (exact) mass is 211 g/mol. The number of fused-ring (bicyclic) bond motifs is 1. The van der Waals surface area contributed by atoms with Crippen LogP contribution >= 0.6 is 11.3 Å². The molecule has 0 saturated heterocycles. The summed E-state index contributed by atoms with van der Waals surface area (Å²) in [4.78, 5) is 15.5. The maximum Gasteiger partial charge on any atom is 0.304 e. The molecular formula is C11H17NOS. The molecule has 1 aliphatic carbocycles. The smallest absolute Gasteiger partial charge is 0.304 e. The van der Waals surface area contributed by atoms with Crippen molar-refractivity contribution in [2.45, 2.75) is 40.0 Å². The van der Waals surface area contributed by atoms with E-state index in [1.165, 1.54) is 28.3 Å². The predicted molar refractivity (Wildman–Crippen MR) is 59.9 cm³/mol. The van der Waals surface area contributed by atoms with E-state index < -0.39 is 0 Å². The lowest BCUT2D eigenvalue weighted by Crippen LogP contribution is -2.26. The highest BCUT2D eigenvalue weighted by Crippen LogP contribution is 2.37. The number of aryl methyl sites for hydroxylation is 1. The number of aromatic amines is 1. The van der Waals surface area contributed by atoms with Crippen LogP contribution in [0, 0.1) is 11.3 Å². The molecule has 1 aliphatic rings. The summed E-state index contributed by atoms with van der Waals surface area (Å²) in [6, 6.07) is 0. The average Bonchev–Trinajstić information content (AvgIpc) is 2.41. The molecular weight excluding hydrogens is 194 g/mol. The van der Waals surface area contributed by atoms with E-state index in [0.717, 1.165) is 18.8 Å². The van der Waals surface area contributed by atoms with Crippen LogP contribution in [-0.2, 0) is 12.8 Å². The SMILES string of the molecule is CC(C)(C)[C@H]1CCc2[nH]c(=O)sc2C1. The Morgan fingerprint density at radius 2 is 2.14 bits per heavy atom. The van der Waals surface area contributed by atoms with E-state index in [4.69, 9.17) is 0 Å². The van der Waals surface area contributed by atoms with Crippen LogP contribution < -0.4 is 4.87 Å². The number of aromatic nitrogens is 1. The van der Waals surface area contributed by atoms with Crippen molar-refractivity contribution in [2.24, 2.45) is 11.3 Å². The van der Waals surface area contributed by atoms with Gasteiger partial charge in [-0.3, -0.25) is 4.79 Å². The minimum absolute atomic E-state index is 0.115. The zero-order valence-corrected chi connectivity index (χ0v) is 9.83. The summed E-state index contributed by atoms with van der Waals surface area (Å²) in [6.45, 7) is 6.87. The van der Waals surface area contributed by atoms with Crippen molar-refractivity contribution in [3.05, 3.63) is 20.2 Å². The quantitative estimate of drug-likeness (QED) is 0.703. The highest BCUT2D eigenvalue weighted by molar-refractivity contribution is 7.09. The molecule has 0 radical (unpaired) electrons. The molecule has 14 heavy (non-hydrogen) atoms.